The Morgan fingerprint density at radius 3 is 2.67 bits per heavy atom. The first-order valence-corrected chi connectivity index (χ1v) is 7.00. The normalized spacial score (nSPS) is 30.1. The summed E-state index contributed by atoms with van der Waals surface area (Å²) in [6, 6.07) is 0.338. The second kappa shape index (κ2) is 7.07. The van der Waals surface area contributed by atoms with E-state index in [4.69, 9.17) is 15.2 Å². The molecule has 0 bridgehead atoms. The van der Waals surface area contributed by atoms with Gasteiger partial charge in [-0.3, -0.25) is 4.79 Å². The third kappa shape index (κ3) is 4.23. The lowest BCUT2D eigenvalue weighted by Crippen LogP contribution is -2.44. The van der Waals surface area contributed by atoms with Crippen LogP contribution < -0.4 is 11.1 Å². The second-order valence-corrected chi connectivity index (χ2v) is 5.25. The van der Waals surface area contributed by atoms with Crippen LogP contribution in [0.4, 0.5) is 0 Å². The lowest BCUT2D eigenvalue weighted by molar-refractivity contribution is -0.130. The maximum atomic E-state index is 11.7. The Balaban J connectivity index is 1.64. The summed E-state index contributed by atoms with van der Waals surface area (Å²) in [6.07, 6.45) is 6.16. The molecular formula is C13H24N2O3. The van der Waals surface area contributed by atoms with Crippen LogP contribution >= 0.6 is 0 Å². The van der Waals surface area contributed by atoms with Crippen molar-refractivity contribution in [2.75, 3.05) is 19.8 Å². The number of carbonyl (C=O) groups excluding carboxylic acids is 1. The summed E-state index contributed by atoms with van der Waals surface area (Å²) in [4.78, 5) is 11.7. The molecule has 2 atom stereocenters. The summed E-state index contributed by atoms with van der Waals surface area (Å²) in [6.45, 7) is 1.61. The van der Waals surface area contributed by atoms with Gasteiger partial charge in [-0.25, -0.2) is 0 Å². The van der Waals surface area contributed by atoms with Crippen molar-refractivity contribution < 1.29 is 14.3 Å². The van der Waals surface area contributed by atoms with E-state index < -0.39 is 0 Å². The van der Waals surface area contributed by atoms with E-state index in [1.54, 1.807) is 0 Å². The van der Waals surface area contributed by atoms with Gasteiger partial charge in [0.2, 0.25) is 5.91 Å². The summed E-state index contributed by atoms with van der Waals surface area (Å²) < 4.78 is 10.9. The zero-order valence-corrected chi connectivity index (χ0v) is 10.9. The topological polar surface area (TPSA) is 73.6 Å². The molecule has 1 saturated heterocycles. The number of hydrogen-bond acceptors (Lipinski definition) is 4. The quantitative estimate of drug-likeness (QED) is 0.771. The molecule has 2 fully saturated rings. The minimum Gasteiger partial charge on any atom is -0.381 e. The Kier molecular flexibility index (Phi) is 5.41. The lowest BCUT2D eigenvalue weighted by atomic mass is 9.93. The van der Waals surface area contributed by atoms with E-state index in [2.05, 4.69) is 5.32 Å². The van der Waals surface area contributed by atoms with Crippen molar-refractivity contribution in [3.05, 3.63) is 0 Å². The van der Waals surface area contributed by atoms with Crippen molar-refractivity contribution in [3.63, 3.8) is 0 Å². The highest BCUT2D eigenvalue weighted by atomic mass is 16.5. The molecule has 0 aromatic rings. The first-order chi connectivity index (χ1) is 8.75. The zero-order chi connectivity index (χ0) is 12.8. The Hall–Kier alpha value is -0.650. The van der Waals surface area contributed by atoms with Crippen molar-refractivity contribution in [2.45, 2.75) is 56.7 Å². The van der Waals surface area contributed by atoms with Crippen molar-refractivity contribution in [2.24, 2.45) is 5.73 Å². The van der Waals surface area contributed by atoms with E-state index in [1.165, 1.54) is 6.42 Å². The fourth-order valence-electron chi connectivity index (χ4n) is 2.63. The van der Waals surface area contributed by atoms with Crippen LogP contribution in [-0.4, -0.2) is 43.9 Å². The highest BCUT2D eigenvalue weighted by Gasteiger charge is 2.23. The van der Waals surface area contributed by atoms with Crippen molar-refractivity contribution in [1.82, 2.24) is 5.32 Å². The number of ether oxygens (including phenoxy) is 2. The Bertz CT molecular complexity index is 267. The first-order valence-electron chi connectivity index (χ1n) is 7.00. The third-order valence-corrected chi connectivity index (χ3v) is 3.77. The molecule has 1 aliphatic heterocycles. The van der Waals surface area contributed by atoms with Crippen molar-refractivity contribution >= 4 is 5.91 Å². The van der Waals surface area contributed by atoms with Gasteiger partial charge < -0.3 is 20.5 Å². The molecule has 2 unspecified atom stereocenters. The van der Waals surface area contributed by atoms with Crippen LogP contribution in [0.2, 0.25) is 0 Å². The summed E-state index contributed by atoms with van der Waals surface area (Å²) in [5.41, 5.74) is 5.98. The molecule has 3 N–H and O–H groups in total. The highest BCUT2D eigenvalue weighted by molar-refractivity contribution is 5.77. The van der Waals surface area contributed by atoms with Gasteiger partial charge in [-0.05, 0) is 25.7 Å². The van der Waals surface area contributed by atoms with Crippen LogP contribution in [0, 0.1) is 0 Å². The van der Waals surface area contributed by atoms with Crippen LogP contribution in [-0.2, 0) is 14.3 Å². The molecule has 0 radical (unpaired) electrons. The first kappa shape index (κ1) is 13.8. The zero-order valence-electron chi connectivity index (χ0n) is 10.9. The molecule has 1 amide bonds. The maximum Gasteiger partial charge on any atom is 0.246 e. The second-order valence-electron chi connectivity index (χ2n) is 5.25. The Morgan fingerprint density at radius 2 is 1.94 bits per heavy atom. The molecule has 1 heterocycles. The number of nitrogens with two attached hydrogens (primary N) is 1. The molecule has 5 nitrogen and oxygen atoms in total. The fraction of sp³-hybridized carbons (Fsp3) is 0.923. The Morgan fingerprint density at radius 1 is 1.22 bits per heavy atom. The predicted molar refractivity (Wildman–Crippen MR) is 68.2 cm³/mol. The largest absolute Gasteiger partial charge is 0.381 e. The molecule has 2 rings (SSSR count). The number of carbonyl (C=O) groups is 1. The van der Waals surface area contributed by atoms with Gasteiger partial charge in [0.05, 0.1) is 6.10 Å². The average molecular weight is 256 g/mol. The van der Waals surface area contributed by atoms with E-state index in [-0.39, 0.29) is 30.7 Å². The molecule has 18 heavy (non-hydrogen) atoms. The van der Waals surface area contributed by atoms with Gasteiger partial charge in [0.15, 0.2) is 0 Å². The summed E-state index contributed by atoms with van der Waals surface area (Å²) in [5, 5.41) is 2.99. The predicted octanol–water partition coefficient (Wildman–Crippen LogP) is 0.568. The highest BCUT2D eigenvalue weighted by Crippen LogP contribution is 2.19. The van der Waals surface area contributed by atoms with Crippen LogP contribution in [0.5, 0.6) is 0 Å². The molecule has 1 saturated carbocycles. The van der Waals surface area contributed by atoms with Gasteiger partial charge in [0, 0.05) is 25.3 Å². The fourth-order valence-corrected chi connectivity index (χ4v) is 2.63. The van der Waals surface area contributed by atoms with E-state index in [0.29, 0.717) is 0 Å². The molecule has 2 aliphatic rings. The van der Waals surface area contributed by atoms with Gasteiger partial charge in [-0.15, -0.1) is 0 Å². The van der Waals surface area contributed by atoms with Crippen LogP contribution in [0.3, 0.4) is 0 Å². The number of nitrogens with one attached hydrogen (secondary N) is 1. The molecular weight excluding hydrogens is 232 g/mol. The average Bonchev–Trinajstić information content (AvgIpc) is 2.39. The third-order valence-electron chi connectivity index (χ3n) is 3.77. The van der Waals surface area contributed by atoms with Gasteiger partial charge >= 0.3 is 0 Å². The lowest BCUT2D eigenvalue weighted by Gasteiger charge is -2.29. The smallest absolute Gasteiger partial charge is 0.246 e. The summed E-state index contributed by atoms with van der Waals surface area (Å²) >= 11 is 0. The van der Waals surface area contributed by atoms with Gasteiger partial charge in [0.25, 0.3) is 0 Å². The maximum absolute atomic E-state index is 11.7. The number of hydrogen-bond donors (Lipinski definition) is 2. The van der Waals surface area contributed by atoms with E-state index in [9.17, 15) is 4.79 Å². The standard InChI is InChI=1S/C13H24N2O3/c14-11-3-1-2-4-12(11)18-9-13(16)15-10-5-7-17-8-6-10/h10-12H,1-9,14H2,(H,15,16). The monoisotopic (exact) mass is 256 g/mol. The number of rotatable bonds is 4. The van der Waals surface area contributed by atoms with E-state index in [1.807, 2.05) is 0 Å². The van der Waals surface area contributed by atoms with Gasteiger partial charge in [0.1, 0.15) is 6.61 Å². The molecule has 1 aliphatic carbocycles. The minimum atomic E-state index is -0.0281. The molecule has 0 spiro atoms. The summed E-state index contributed by atoms with van der Waals surface area (Å²) in [5.74, 6) is -0.0281. The molecule has 0 aromatic carbocycles. The van der Waals surface area contributed by atoms with Gasteiger partial charge in [-0.1, -0.05) is 12.8 Å². The van der Waals surface area contributed by atoms with E-state index in [0.717, 1.165) is 45.3 Å². The van der Waals surface area contributed by atoms with Crippen molar-refractivity contribution in [1.29, 1.82) is 0 Å². The van der Waals surface area contributed by atoms with Crippen LogP contribution in [0.15, 0.2) is 0 Å². The van der Waals surface area contributed by atoms with E-state index >= 15 is 0 Å². The Labute approximate surface area is 108 Å². The van der Waals surface area contributed by atoms with Crippen LogP contribution in [0.1, 0.15) is 38.5 Å². The molecule has 0 aromatic heterocycles. The van der Waals surface area contributed by atoms with Crippen LogP contribution in [0.25, 0.3) is 0 Å². The minimum absolute atomic E-state index is 0.0281. The number of amides is 1. The molecule has 5 heteroatoms. The summed E-state index contributed by atoms with van der Waals surface area (Å²) in [7, 11) is 0. The SMILES string of the molecule is NC1CCCCC1OCC(=O)NC1CCOCC1. The molecule has 104 valence electrons. The van der Waals surface area contributed by atoms with Crippen molar-refractivity contribution in [3.8, 4) is 0 Å². The van der Waals surface area contributed by atoms with Gasteiger partial charge in [-0.2, -0.15) is 0 Å².